The van der Waals surface area contributed by atoms with Crippen LogP contribution in [0.3, 0.4) is 0 Å². The summed E-state index contributed by atoms with van der Waals surface area (Å²) in [6, 6.07) is 13.3. The Labute approximate surface area is 172 Å². The third kappa shape index (κ3) is 4.58. The van der Waals surface area contributed by atoms with Crippen LogP contribution in [0.2, 0.25) is 0 Å². The molecule has 0 fully saturated rings. The lowest BCUT2D eigenvalue weighted by Crippen LogP contribution is -2.14. The number of rotatable bonds is 8. The van der Waals surface area contributed by atoms with Gasteiger partial charge in [0.25, 0.3) is 15.7 Å². The minimum atomic E-state index is -4.10. The average Bonchev–Trinajstić information content (AvgIpc) is 3.27. The third-order valence-electron chi connectivity index (χ3n) is 4.05. The topological polar surface area (TPSA) is 136 Å². The molecule has 0 saturated heterocycles. The van der Waals surface area contributed by atoms with E-state index >= 15 is 0 Å². The molecule has 156 valence electrons. The summed E-state index contributed by atoms with van der Waals surface area (Å²) in [5, 5.41) is 15.5. The lowest BCUT2D eigenvalue weighted by molar-refractivity contribution is -0.384. The molecule has 3 aromatic rings. The molecule has 10 nitrogen and oxygen atoms in total. The van der Waals surface area contributed by atoms with Gasteiger partial charge in [0.15, 0.2) is 0 Å². The highest BCUT2D eigenvalue weighted by atomic mass is 32.2. The zero-order valence-corrected chi connectivity index (χ0v) is 16.8. The van der Waals surface area contributed by atoms with Gasteiger partial charge in [-0.3, -0.25) is 20.3 Å². The molecule has 0 radical (unpaired) electrons. The Morgan fingerprint density at radius 1 is 1.13 bits per heavy atom. The molecule has 2 N–H and O–H groups in total. The van der Waals surface area contributed by atoms with Crippen molar-refractivity contribution in [1.82, 2.24) is 0 Å². The molecule has 11 heteroatoms. The van der Waals surface area contributed by atoms with Crippen LogP contribution in [0.25, 0.3) is 0 Å². The first-order valence-corrected chi connectivity index (χ1v) is 10.1. The number of hydrogen-bond acceptors (Lipinski definition) is 8. The maximum absolute atomic E-state index is 12.7. The van der Waals surface area contributed by atoms with Crippen molar-refractivity contribution in [3.8, 4) is 5.75 Å². The highest BCUT2D eigenvalue weighted by Crippen LogP contribution is 2.30. The summed E-state index contributed by atoms with van der Waals surface area (Å²) >= 11 is 0. The Bertz CT molecular complexity index is 1190. The molecule has 0 unspecified atom stereocenters. The number of nitrogens with one attached hydrogen (secondary N) is 2. The Morgan fingerprint density at radius 2 is 1.90 bits per heavy atom. The van der Waals surface area contributed by atoms with Crippen LogP contribution in [0.5, 0.6) is 5.75 Å². The van der Waals surface area contributed by atoms with Crippen molar-refractivity contribution in [2.75, 3.05) is 17.3 Å². The van der Waals surface area contributed by atoms with E-state index in [2.05, 4.69) is 15.2 Å². The van der Waals surface area contributed by atoms with Gasteiger partial charge in [-0.15, -0.1) is 0 Å². The molecular formula is C19H18N4O6S. The first-order chi connectivity index (χ1) is 14.3. The van der Waals surface area contributed by atoms with E-state index in [4.69, 9.17) is 9.15 Å². The van der Waals surface area contributed by atoms with Gasteiger partial charge in [0, 0.05) is 6.07 Å². The molecule has 0 saturated carbocycles. The number of hydrazone groups is 1. The van der Waals surface area contributed by atoms with Crippen LogP contribution in [0.15, 0.2) is 75.3 Å². The van der Waals surface area contributed by atoms with Crippen LogP contribution >= 0.6 is 0 Å². The summed E-state index contributed by atoms with van der Waals surface area (Å²) in [5.41, 5.74) is 2.83. The van der Waals surface area contributed by atoms with Gasteiger partial charge in [0.1, 0.15) is 22.9 Å². The molecule has 0 spiro atoms. The molecule has 1 aromatic heterocycles. The second-order valence-electron chi connectivity index (χ2n) is 6.03. The second-order valence-corrected chi connectivity index (χ2v) is 7.71. The van der Waals surface area contributed by atoms with Gasteiger partial charge in [0.2, 0.25) is 0 Å². The molecule has 3 rings (SSSR count). The van der Waals surface area contributed by atoms with E-state index in [-0.39, 0.29) is 16.3 Å². The monoisotopic (exact) mass is 430 g/mol. The average molecular weight is 430 g/mol. The maximum atomic E-state index is 12.7. The van der Waals surface area contributed by atoms with Crippen LogP contribution in [-0.2, 0) is 10.0 Å². The van der Waals surface area contributed by atoms with E-state index in [1.807, 2.05) is 0 Å². The molecular weight excluding hydrogens is 412 g/mol. The number of nitrogens with zero attached hydrogens (tertiary/aromatic N) is 2. The van der Waals surface area contributed by atoms with Crippen molar-refractivity contribution in [1.29, 1.82) is 0 Å². The second kappa shape index (κ2) is 8.66. The molecule has 0 aliphatic heterocycles. The molecule has 0 aliphatic rings. The normalized spacial score (nSPS) is 11.7. The summed E-state index contributed by atoms with van der Waals surface area (Å²) in [7, 11) is -2.69. The molecule has 1 heterocycles. The zero-order chi connectivity index (χ0) is 21.7. The smallest absolute Gasteiger partial charge is 0.295 e. The summed E-state index contributed by atoms with van der Waals surface area (Å²) in [6.07, 6.45) is 1.48. The number of ether oxygens (including phenoxy) is 1. The van der Waals surface area contributed by atoms with Crippen LogP contribution in [0.1, 0.15) is 12.7 Å². The number of sulfonamides is 1. The Hall–Kier alpha value is -3.86. The van der Waals surface area contributed by atoms with Gasteiger partial charge < -0.3 is 9.15 Å². The van der Waals surface area contributed by atoms with Crippen molar-refractivity contribution >= 4 is 32.8 Å². The fourth-order valence-corrected chi connectivity index (χ4v) is 3.63. The number of anilines is 2. The minimum Gasteiger partial charge on any atom is -0.495 e. The van der Waals surface area contributed by atoms with Crippen molar-refractivity contribution in [3.63, 3.8) is 0 Å². The van der Waals surface area contributed by atoms with E-state index in [9.17, 15) is 18.5 Å². The fourth-order valence-electron chi connectivity index (χ4n) is 2.54. The van der Waals surface area contributed by atoms with Crippen molar-refractivity contribution < 1.29 is 22.5 Å². The lowest BCUT2D eigenvalue weighted by atomic mass is 10.3. The van der Waals surface area contributed by atoms with Gasteiger partial charge in [-0.1, -0.05) is 12.1 Å². The van der Waals surface area contributed by atoms with Gasteiger partial charge in [0.05, 0.1) is 28.9 Å². The van der Waals surface area contributed by atoms with Crippen LogP contribution in [0.4, 0.5) is 17.1 Å². The summed E-state index contributed by atoms with van der Waals surface area (Å²) in [6.45, 7) is 1.66. The SMILES string of the molecule is COc1ccccc1NS(=O)(=O)c1ccc(N/N=C(\C)c2ccco2)c([N+](=O)[O-])c1. The van der Waals surface area contributed by atoms with E-state index < -0.39 is 20.6 Å². The minimum absolute atomic E-state index is 0.0298. The number of nitro benzene ring substituents is 1. The fraction of sp³-hybridized carbons (Fsp3) is 0.105. The Morgan fingerprint density at radius 3 is 2.57 bits per heavy atom. The van der Waals surface area contributed by atoms with Gasteiger partial charge in [-0.25, -0.2) is 8.42 Å². The first kappa shape index (κ1) is 20.9. The quantitative estimate of drug-likeness (QED) is 0.315. The predicted octanol–water partition coefficient (Wildman–Crippen LogP) is 3.83. The van der Waals surface area contributed by atoms with Crippen molar-refractivity contribution in [2.24, 2.45) is 5.10 Å². The maximum Gasteiger partial charge on any atom is 0.295 e. The predicted molar refractivity (Wildman–Crippen MR) is 111 cm³/mol. The number of nitro groups is 1. The summed E-state index contributed by atoms with van der Waals surface area (Å²) < 4.78 is 38.2. The first-order valence-electron chi connectivity index (χ1n) is 8.60. The highest BCUT2D eigenvalue weighted by Gasteiger charge is 2.22. The summed E-state index contributed by atoms with van der Waals surface area (Å²) in [5.74, 6) is 0.807. The zero-order valence-electron chi connectivity index (χ0n) is 16.0. The van der Waals surface area contributed by atoms with E-state index in [0.717, 1.165) is 6.07 Å². The molecule has 2 aromatic carbocycles. The van der Waals surface area contributed by atoms with E-state index in [1.54, 1.807) is 37.3 Å². The standard InChI is InChI=1S/C19H18N4O6S/c1-13(18-8-5-11-29-18)20-21-15-10-9-14(12-17(15)23(24)25)30(26,27)22-16-6-3-4-7-19(16)28-2/h3-12,21-22H,1-2H3/b20-13+. The van der Waals surface area contributed by atoms with Gasteiger partial charge >= 0.3 is 0 Å². The van der Waals surface area contributed by atoms with E-state index in [0.29, 0.717) is 17.2 Å². The number of furan rings is 1. The third-order valence-corrected chi connectivity index (χ3v) is 5.41. The number of methoxy groups -OCH3 is 1. The lowest BCUT2D eigenvalue weighted by Gasteiger charge is -2.12. The van der Waals surface area contributed by atoms with Crippen LogP contribution in [0, 0.1) is 10.1 Å². The molecule has 0 atom stereocenters. The number of hydrogen-bond donors (Lipinski definition) is 2. The highest BCUT2D eigenvalue weighted by molar-refractivity contribution is 7.92. The van der Waals surface area contributed by atoms with Gasteiger partial charge in [-0.2, -0.15) is 5.10 Å². The molecule has 0 bridgehead atoms. The van der Waals surface area contributed by atoms with E-state index in [1.165, 1.54) is 31.6 Å². The van der Waals surface area contributed by atoms with Crippen molar-refractivity contribution in [3.05, 3.63) is 76.7 Å². The van der Waals surface area contributed by atoms with Crippen LogP contribution < -0.4 is 14.9 Å². The Kier molecular flexibility index (Phi) is 6.02. The Balaban J connectivity index is 1.90. The van der Waals surface area contributed by atoms with Crippen LogP contribution in [-0.4, -0.2) is 26.2 Å². The molecule has 0 amide bonds. The van der Waals surface area contributed by atoms with Crippen molar-refractivity contribution in [2.45, 2.75) is 11.8 Å². The molecule has 30 heavy (non-hydrogen) atoms. The molecule has 0 aliphatic carbocycles. The summed E-state index contributed by atoms with van der Waals surface area (Å²) in [4.78, 5) is 10.5. The number of para-hydroxylation sites is 2. The van der Waals surface area contributed by atoms with Gasteiger partial charge in [-0.05, 0) is 43.3 Å². The number of benzene rings is 2. The largest absolute Gasteiger partial charge is 0.495 e.